The minimum absolute atomic E-state index is 0.0103. The fourth-order valence-corrected chi connectivity index (χ4v) is 4.21. The van der Waals surface area contributed by atoms with Gasteiger partial charge in [0, 0.05) is 31.6 Å². The lowest BCUT2D eigenvalue weighted by Gasteiger charge is -2.38. The molecular formula is C13H24N4O2S. The molecule has 2 heterocycles. The monoisotopic (exact) mass is 300 g/mol. The number of imidazole rings is 1. The van der Waals surface area contributed by atoms with Crippen LogP contribution in [0.15, 0.2) is 11.2 Å². The zero-order valence-corrected chi connectivity index (χ0v) is 13.2. The standard InChI is InChI=1S/C13H24N4O2S/c1-4-10-9-17(11(5-2)7-14-10)20(18,19)13-8-15-12(6-3)16-13/h8,10-11,14H,4-7,9H2,1-3H3,(H,15,16). The van der Waals surface area contributed by atoms with Crippen LogP contribution in [-0.4, -0.2) is 47.9 Å². The van der Waals surface area contributed by atoms with Crippen LogP contribution in [0.2, 0.25) is 0 Å². The topological polar surface area (TPSA) is 78.1 Å². The molecule has 0 aromatic carbocycles. The Labute approximate surface area is 121 Å². The van der Waals surface area contributed by atoms with Crippen LogP contribution < -0.4 is 5.32 Å². The predicted molar refractivity (Wildman–Crippen MR) is 78.0 cm³/mol. The van der Waals surface area contributed by atoms with E-state index in [4.69, 9.17) is 0 Å². The second-order valence-electron chi connectivity index (χ2n) is 5.20. The fraction of sp³-hybridized carbons (Fsp3) is 0.769. The number of hydrogen-bond donors (Lipinski definition) is 2. The molecule has 1 aliphatic heterocycles. The normalized spacial score (nSPS) is 24.9. The van der Waals surface area contributed by atoms with E-state index in [1.54, 1.807) is 4.31 Å². The molecule has 1 aromatic heterocycles. The van der Waals surface area contributed by atoms with Gasteiger partial charge in [0.25, 0.3) is 10.0 Å². The molecule has 2 rings (SSSR count). The van der Waals surface area contributed by atoms with Crippen molar-refractivity contribution in [3.05, 3.63) is 12.0 Å². The Morgan fingerprint density at radius 3 is 2.65 bits per heavy atom. The molecule has 114 valence electrons. The smallest absolute Gasteiger partial charge is 0.260 e. The Bertz CT molecular complexity index is 540. The van der Waals surface area contributed by atoms with E-state index >= 15 is 0 Å². The Balaban J connectivity index is 2.29. The molecule has 1 saturated heterocycles. The zero-order valence-electron chi connectivity index (χ0n) is 12.4. The first-order chi connectivity index (χ1) is 9.52. The van der Waals surface area contributed by atoms with Crippen LogP contribution >= 0.6 is 0 Å². The molecule has 0 saturated carbocycles. The second-order valence-corrected chi connectivity index (χ2v) is 7.06. The van der Waals surface area contributed by atoms with E-state index in [-0.39, 0.29) is 17.1 Å². The summed E-state index contributed by atoms with van der Waals surface area (Å²) in [4.78, 5) is 7.03. The number of aromatic amines is 1. The molecule has 0 amide bonds. The van der Waals surface area contributed by atoms with Crippen LogP contribution in [0.25, 0.3) is 0 Å². The fourth-order valence-electron chi connectivity index (χ4n) is 2.53. The predicted octanol–water partition coefficient (Wildman–Crippen LogP) is 1.12. The highest BCUT2D eigenvalue weighted by molar-refractivity contribution is 7.89. The van der Waals surface area contributed by atoms with Crippen molar-refractivity contribution in [3.63, 3.8) is 0 Å². The average Bonchev–Trinajstić information content (AvgIpc) is 2.96. The van der Waals surface area contributed by atoms with Gasteiger partial charge >= 0.3 is 0 Å². The van der Waals surface area contributed by atoms with Crippen LogP contribution in [0, 0.1) is 0 Å². The van der Waals surface area contributed by atoms with Crippen LogP contribution in [0.1, 0.15) is 39.4 Å². The number of aromatic nitrogens is 2. The summed E-state index contributed by atoms with van der Waals surface area (Å²) in [5, 5.41) is 3.62. The molecule has 7 heteroatoms. The van der Waals surface area contributed by atoms with Crippen molar-refractivity contribution in [2.24, 2.45) is 0 Å². The number of aryl methyl sites for hydroxylation is 1. The highest BCUT2D eigenvalue weighted by Gasteiger charge is 2.36. The number of piperazine rings is 1. The quantitative estimate of drug-likeness (QED) is 0.854. The Kier molecular flexibility index (Phi) is 4.82. The van der Waals surface area contributed by atoms with Crippen LogP contribution in [0.5, 0.6) is 0 Å². The first-order valence-electron chi connectivity index (χ1n) is 7.32. The molecule has 0 bridgehead atoms. The molecule has 1 aromatic rings. The summed E-state index contributed by atoms with van der Waals surface area (Å²) in [6.07, 6.45) is 3.86. The third kappa shape index (κ3) is 2.89. The SMILES string of the molecule is CCc1ncc(S(=O)(=O)N2CC(CC)NCC2CC)[nH]1. The highest BCUT2D eigenvalue weighted by atomic mass is 32.2. The van der Waals surface area contributed by atoms with Gasteiger partial charge in [-0.1, -0.05) is 20.8 Å². The summed E-state index contributed by atoms with van der Waals surface area (Å²) in [7, 11) is -3.48. The lowest BCUT2D eigenvalue weighted by molar-refractivity contribution is 0.215. The number of nitrogens with one attached hydrogen (secondary N) is 2. The van der Waals surface area contributed by atoms with E-state index < -0.39 is 10.0 Å². The average molecular weight is 300 g/mol. The van der Waals surface area contributed by atoms with Crippen molar-refractivity contribution in [3.8, 4) is 0 Å². The van der Waals surface area contributed by atoms with Crippen molar-refractivity contribution in [2.45, 2.75) is 57.1 Å². The van der Waals surface area contributed by atoms with Gasteiger partial charge in [0.05, 0.1) is 6.20 Å². The Morgan fingerprint density at radius 1 is 1.35 bits per heavy atom. The largest absolute Gasteiger partial charge is 0.332 e. The second kappa shape index (κ2) is 6.24. The van der Waals surface area contributed by atoms with Gasteiger partial charge in [-0.2, -0.15) is 4.31 Å². The Hall–Kier alpha value is -0.920. The molecule has 0 aliphatic carbocycles. The van der Waals surface area contributed by atoms with Crippen molar-refractivity contribution in [1.29, 1.82) is 0 Å². The van der Waals surface area contributed by atoms with E-state index in [1.165, 1.54) is 6.20 Å². The summed E-state index contributed by atoms with van der Waals surface area (Å²) in [6.45, 7) is 7.27. The van der Waals surface area contributed by atoms with E-state index in [9.17, 15) is 8.42 Å². The number of H-pyrrole nitrogens is 1. The van der Waals surface area contributed by atoms with E-state index in [0.29, 0.717) is 25.3 Å². The lowest BCUT2D eigenvalue weighted by atomic mass is 10.1. The van der Waals surface area contributed by atoms with Crippen molar-refractivity contribution in [1.82, 2.24) is 19.6 Å². The lowest BCUT2D eigenvalue weighted by Crippen LogP contribution is -2.57. The maximum absolute atomic E-state index is 12.8. The summed E-state index contributed by atoms with van der Waals surface area (Å²) < 4.78 is 27.2. The molecule has 1 aliphatic rings. The van der Waals surface area contributed by atoms with Gasteiger partial charge in [-0.15, -0.1) is 0 Å². The summed E-state index contributed by atoms with van der Waals surface area (Å²) in [6, 6.07) is 0.234. The molecule has 2 unspecified atom stereocenters. The molecular weight excluding hydrogens is 276 g/mol. The summed E-state index contributed by atoms with van der Waals surface area (Å²) >= 11 is 0. The first kappa shape index (κ1) is 15.5. The van der Waals surface area contributed by atoms with Gasteiger partial charge in [-0.3, -0.25) is 0 Å². The van der Waals surface area contributed by atoms with Crippen LogP contribution in [0.4, 0.5) is 0 Å². The third-order valence-electron chi connectivity index (χ3n) is 3.94. The first-order valence-corrected chi connectivity index (χ1v) is 8.76. The number of nitrogens with zero attached hydrogens (tertiary/aromatic N) is 2. The molecule has 20 heavy (non-hydrogen) atoms. The molecule has 2 N–H and O–H groups in total. The van der Waals surface area contributed by atoms with Gasteiger partial charge < -0.3 is 10.3 Å². The van der Waals surface area contributed by atoms with E-state index in [0.717, 1.165) is 12.8 Å². The zero-order chi connectivity index (χ0) is 14.8. The third-order valence-corrected chi connectivity index (χ3v) is 5.77. The number of rotatable bonds is 5. The molecule has 0 spiro atoms. The van der Waals surface area contributed by atoms with Gasteiger partial charge in [0.15, 0.2) is 5.03 Å². The van der Waals surface area contributed by atoms with Gasteiger partial charge in [0.1, 0.15) is 5.82 Å². The van der Waals surface area contributed by atoms with Crippen LogP contribution in [0.3, 0.4) is 0 Å². The maximum Gasteiger partial charge on any atom is 0.260 e. The Morgan fingerprint density at radius 2 is 2.10 bits per heavy atom. The number of hydrogen-bond acceptors (Lipinski definition) is 4. The van der Waals surface area contributed by atoms with Crippen molar-refractivity contribution >= 4 is 10.0 Å². The highest BCUT2D eigenvalue weighted by Crippen LogP contribution is 2.21. The minimum atomic E-state index is -3.48. The van der Waals surface area contributed by atoms with Gasteiger partial charge in [-0.05, 0) is 12.8 Å². The van der Waals surface area contributed by atoms with Gasteiger partial charge in [-0.25, -0.2) is 13.4 Å². The van der Waals surface area contributed by atoms with Crippen molar-refractivity contribution in [2.75, 3.05) is 13.1 Å². The van der Waals surface area contributed by atoms with Crippen LogP contribution in [-0.2, 0) is 16.4 Å². The maximum atomic E-state index is 12.8. The molecule has 2 atom stereocenters. The van der Waals surface area contributed by atoms with Crippen molar-refractivity contribution < 1.29 is 8.42 Å². The molecule has 6 nitrogen and oxygen atoms in total. The molecule has 0 radical (unpaired) electrons. The minimum Gasteiger partial charge on any atom is -0.332 e. The van der Waals surface area contributed by atoms with Gasteiger partial charge in [0.2, 0.25) is 0 Å². The molecule has 1 fully saturated rings. The summed E-state index contributed by atoms with van der Waals surface area (Å²) in [5.41, 5.74) is 0. The van der Waals surface area contributed by atoms with E-state index in [2.05, 4.69) is 22.2 Å². The van der Waals surface area contributed by atoms with E-state index in [1.807, 2.05) is 13.8 Å². The summed E-state index contributed by atoms with van der Waals surface area (Å²) in [5.74, 6) is 0.707. The number of sulfonamides is 1.